The summed E-state index contributed by atoms with van der Waals surface area (Å²) < 4.78 is 53.6. The van der Waals surface area contributed by atoms with Crippen molar-refractivity contribution in [1.29, 1.82) is 0 Å². The van der Waals surface area contributed by atoms with E-state index in [0.717, 1.165) is 6.07 Å². The van der Waals surface area contributed by atoms with Crippen LogP contribution in [0, 0.1) is 17.6 Å². The molecule has 1 saturated carbocycles. The van der Waals surface area contributed by atoms with E-state index in [1.54, 1.807) is 22.8 Å². The van der Waals surface area contributed by atoms with Crippen molar-refractivity contribution < 1.29 is 37.3 Å². The molecular weight excluding hydrogens is 674 g/mol. The first-order chi connectivity index (χ1) is 25.2. The fourth-order valence-corrected chi connectivity index (χ4v) is 6.77. The van der Waals surface area contributed by atoms with Crippen molar-refractivity contribution >= 4 is 28.4 Å². The van der Waals surface area contributed by atoms with Crippen molar-refractivity contribution in [2.45, 2.75) is 38.1 Å². The maximum atomic E-state index is 15.6. The summed E-state index contributed by atoms with van der Waals surface area (Å²) in [6.45, 7) is 1.41. The minimum absolute atomic E-state index is 0.0335. The molecule has 11 nitrogen and oxygen atoms in total. The SMILES string of the molecule is COc1cc2nccc(Oc3ccc(NC(=O)c4c(C5CC5)n(CC5CCOCC5)c(C(N)=O)c(-c5ccc(F)cc5)c4=O)cc3F)c2cc1OC. The van der Waals surface area contributed by atoms with Gasteiger partial charge in [0, 0.05) is 60.8 Å². The number of benzene rings is 3. The number of aromatic nitrogens is 2. The number of rotatable bonds is 11. The number of hydrogen-bond acceptors (Lipinski definition) is 8. The molecular formula is C39H36F2N4O7. The summed E-state index contributed by atoms with van der Waals surface area (Å²) in [5, 5.41) is 3.25. The van der Waals surface area contributed by atoms with Gasteiger partial charge in [0.05, 0.1) is 25.3 Å². The lowest BCUT2D eigenvalue weighted by molar-refractivity contribution is 0.0605. The van der Waals surface area contributed by atoms with Crippen molar-refractivity contribution in [3.63, 3.8) is 0 Å². The molecule has 52 heavy (non-hydrogen) atoms. The Labute approximate surface area is 297 Å². The number of nitrogens with two attached hydrogens (primary N) is 1. The van der Waals surface area contributed by atoms with E-state index in [1.807, 2.05) is 0 Å². The summed E-state index contributed by atoms with van der Waals surface area (Å²) in [4.78, 5) is 46.1. The fraction of sp³-hybridized carbons (Fsp3) is 0.282. The summed E-state index contributed by atoms with van der Waals surface area (Å²) in [6, 6.07) is 14.0. The number of carbonyl (C=O) groups excluding carboxylic acids is 2. The van der Waals surface area contributed by atoms with Crippen molar-refractivity contribution in [1.82, 2.24) is 9.55 Å². The highest BCUT2D eigenvalue weighted by Gasteiger charge is 2.37. The quantitative estimate of drug-likeness (QED) is 0.152. The first kappa shape index (κ1) is 34.6. The van der Waals surface area contributed by atoms with E-state index in [1.165, 1.54) is 56.8 Å². The number of fused-ring (bicyclic) bond motifs is 1. The van der Waals surface area contributed by atoms with Crippen molar-refractivity contribution in [3.8, 4) is 34.1 Å². The minimum Gasteiger partial charge on any atom is -0.493 e. The first-order valence-corrected chi connectivity index (χ1v) is 16.9. The molecule has 5 aromatic rings. The number of nitrogens with zero attached hydrogens (tertiary/aromatic N) is 2. The van der Waals surface area contributed by atoms with Crippen LogP contribution in [-0.2, 0) is 11.3 Å². The second kappa shape index (κ2) is 14.4. The number of carbonyl (C=O) groups is 2. The number of halogens is 2. The highest BCUT2D eigenvalue weighted by atomic mass is 19.1. The molecule has 268 valence electrons. The molecule has 0 spiro atoms. The smallest absolute Gasteiger partial charge is 0.266 e. The van der Waals surface area contributed by atoms with Crippen molar-refractivity contribution in [2.75, 3.05) is 32.8 Å². The molecule has 7 rings (SSSR count). The maximum Gasteiger partial charge on any atom is 0.266 e. The van der Waals surface area contributed by atoms with E-state index in [9.17, 15) is 18.8 Å². The van der Waals surface area contributed by atoms with Gasteiger partial charge in [0.25, 0.3) is 11.8 Å². The van der Waals surface area contributed by atoms with Crippen LogP contribution in [0.25, 0.3) is 22.0 Å². The maximum absolute atomic E-state index is 15.6. The van der Waals surface area contributed by atoms with Crippen LogP contribution in [-0.4, -0.2) is 48.8 Å². The second-order valence-electron chi connectivity index (χ2n) is 12.9. The third-order valence-electron chi connectivity index (χ3n) is 9.46. The zero-order valence-corrected chi connectivity index (χ0v) is 28.5. The number of nitrogens with one attached hydrogen (secondary N) is 1. The van der Waals surface area contributed by atoms with Gasteiger partial charge in [0.2, 0.25) is 5.43 Å². The van der Waals surface area contributed by atoms with Gasteiger partial charge in [-0.05, 0) is 73.6 Å². The molecule has 0 bridgehead atoms. The van der Waals surface area contributed by atoms with Crippen LogP contribution in [0.1, 0.15) is 58.1 Å². The van der Waals surface area contributed by atoms with E-state index < -0.39 is 28.9 Å². The van der Waals surface area contributed by atoms with E-state index in [4.69, 9.17) is 24.7 Å². The molecule has 2 amide bonds. The zero-order chi connectivity index (χ0) is 36.5. The normalized spacial score (nSPS) is 14.6. The summed E-state index contributed by atoms with van der Waals surface area (Å²) in [5.41, 5.74) is 6.20. The number of methoxy groups -OCH3 is 2. The Hall–Kier alpha value is -5.82. The average Bonchev–Trinajstić information content (AvgIpc) is 3.99. The Bertz CT molecular complexity index is 2250. The number of ether oxygens (including phenoxy) is 4. The highest BCUT2D eigenvalue weighted by molar-refractivity contribution is 6.08. The van der Waals surface area contributed by atoms with Crippen LogP contribution in [0.15, 0.2) is 71.7 Å². The highest BCUT2D eigenvalue weighted by Crippen LogP contribution is 2.43. The third-order valence-corrected chi connectivity index (χ3v) is 9.46. The molecule has 0 radical (unpaired) electrons. The Morgan fingerprint density at radius 1 is 0.923 bits per heavy atom. The molecule has 3 heterocycles. The molecule has 3 aromatic carbocycles. The number of amides is 2. The third kappa shape index (κ3) is 6.79. The molecule has 0 atom stereocenters. The summed E-state index contributed by atoms with van der Waals surface area (Å²) in [7, 11) is 3.01. The predicted octanol–water partition coefficient (Wildman–Crippen LogP) is 6.81. The van der Waals surface area contributed by atoms with Gasteiger partial charge in [0.1, 0.15) is 22.8 Å². The Morgan fingerprint density at radius 2 is 1.63 bits per heavy atom. The van der Waals surface area contributed by atoms with Crippen molar-refractivity contribution in [3.05, 3.63) is 106 Å². The molecule has 2 fully saturated rings. The molecule has 1 aliphatic carbocycles. The van der Waals surface area contributed by atoms with Crippen LogP contribution >= 0.6 is 0 Å². The van der Waals surface area contributed by atoms with Crippen LogP contribution < -0.4 is 30.7 Å². The number of hydrogen-bond donors (Lipinski definition) is 2. The largest absolute Gasteiger partial charge is 0.493 e. The molecule has 3 N–H and O–H groups in total. The second-order valence-corrected chi connectivity index (χ2v) is 12.9. The topological polar surface area (TPSA) is 144 Å². The molecule has 13 heteroatoms. The Balaban J connectivity index is 1.27. The lowest BCUT2D eigenvalue weighted by Crippen LogP contribution is -2.35. The lowest BCUT2D eigenvalue weighted by Gasteiger charge is -2.28. The van der Waals surface area contributed by atoms with Gasteiger partial charge in [0.15, 0.2) is 23.1 Å². The Kier molecular flexibility index (Phi) is 9.61. The van der Waals surface area contributed by atoms with Gasteiger partial charge < -0.3 is 34.6 Å². The molecule has 2 aliphatic rings. The summed E-state index contributed by atoms with van der Waals surface area (Å²) >= 11 is 0. The fourth-order valence-electron chi connectivity index (χ4n) is 6.77. The van der Waals surface area contributed by atoms with Gasteiger partial charge in [-0.2, -0.15) is 0 Å². The monoisotopic (exact) mass is 710 g/mol. The lowest BCUT2D eigenvalue weighted by atomic mass is 9.94. The van der Waals surface area contributed by atoms with E-state index >= 15 is 4.39 Å². The zero-order valence-electron chi connectivity index (χ0n) is 28.5. The van der Waals surface area contributed by atoms with Crippen LogP contribution in [0.4, 0.5) is 14.5 Å². The summed E-state index contributed by atoms with van der Waals surface area (Å²) in [5.74, 6) is -1.91. The van der Waals surface area contributed by atoms with Gasteiger partial charge >= 0.3 is 0 Å². The van der Waals surface area contributed by atoms with Gasteiger partial charge in [-0.3, -0.25) is 19.4 Å². The van der Waals surface area contributed by atoms with Crippen molar-refractivity contribution in [2.24, 2.45) is 11.7 Å². The van der Waals surface area contributed by atoms with E-state index in [-0.39, 0.29) is 45.7 Å². The number of pyridine rings is 2. The number of anilines is 1. The van der Waals surface area contributed by atoms with Crippen LogP contribution in [0.2, 0.25) is 0 Å². The van der Waals surface area contributed by atoms with Crippen LogP contribution in [0.5, 0.6) is 23.0 Å². The van der Waals surface area contributed by atoms with Gasteiger partial charge in [-0.1, -0.05) is 12.1 Å². The average molecular weight is 711 g/mol. The number of primary amides is 1. The molecule has 2 aromatic heterocycles. The molecule has 0 unspecified atom stereocenters. The molecule has 1 saturated heterocycles. The first-order valence-electron chi connectivity index (χ1n) is 16.9. The molecule has 1 aliphatic heterocycles. The van der Waals surface area contributed by atoms with E-state index in [2.05, 4.69) is 10.3 Å². The predicted molar refractivity (Wildman–Crippen MR) is 189 cm³/mol. The minimum atomic E-state index is -0.838. The van der Waals surface area contributed by atoms with Crippen LogP contribution in [0.3, 0.4) is 0 Å². The van der Waals surface area contributed by atoms with E-state index in [0.29, 0.717) is 79.3 Å². The summed E-state index contributed by atoms with van der Waals surface area (Å²) in [6.07, 6.45) is 4.35. The standard InChI is InChI=1S/C39H36F2N4O7/c1-49-31-18-26-28(19-32(31)50-2)43-14-11-29(26)52-30-10-9-25(17-27(30)41)44-39(48)34-35(23-3-4-23)45(20-21-12-15-51-16-13-21)36(38(42)47)33(37(34)46)22-5-7-24(40)8-6-22/h5-11,14,17-19,21,23H,3-4,12-13,15-16,20H2,1-2H3,(H2,42,47)(H,44,48). The Morgan fingerprint density at radius 3 is 2.29 bits per heavy atom. The van der Waals surface area contributed by atoms with Gasteiger partial charge in [-0.15, -0.1) is 0 Å². The van der Waals surface area contributed by atoms with Gasteiger partial charge in [-0.25, -0.2) is 8.78 Å².